The predicted octanol–water partition coefficient (Wildman–Crippen LogP) is 1.84. The van der Waals surface area contributed by atoms with Crippen molar-refractivity contribution in [2.24, 2.45) is 0 Å². The van der Waals surface area contributed by atoms with Gasteiger partial charge < -0.3 is 52.1 Å². The van der Waals surface area contributed by atoms with Gasteiger partial charge in [-0.2, -0.15) is 0 Å². The zero-order chi connectivity index (χ0) is 40.2. The molecule has 0 saturated carbocycles. The lowest BCUT2D eigenvalue weighted by Crippen LogP contribution is -2.67. The molecule has 4 rings (SSSR count). The molecular formula is C37H42O18. The van der Waals surface area contributed by atoms with Crippen LogP contribution in [-0.2, 0) is 76.1 Å². The highest BCUT2D eigenvalue weighted by molar-refractivity contribution is 5.90. The average molecular weight is 775 g/mol. The lowest BCUT2D eigenvalue weighted by molar-refractivity contribution is -0.369. The van der Waals surface area contributed by atoms with E-state index in [9.17, 15) is 33.6 Å². The third-order valence-electron chi connectivity index (χ3n) is 8.00. The van der Waals surface area contributed by atoms with Crippen molar-refractivity contribution in [3.05, 3.63) is 71.8 Å². The quantitative estimate of drug-likeness (QED) is 0.186. The van der Waals surface area contributed by atoms with Gasteiger partial charge >= 0.3 is 41.8 Å². The Morgan fingerprint density at radius 3 is 1.64 bits per heavy atom. The molecule has 1 unspecified atom stereocenters. The molecule has 298 valence electrons. The van der Waals surface area contributed by atoms with E-state index < -0.39 is 110 Å². The number of benzene rings is 2. The van der Waals surface area contributed by atoms with Gasteiger partial charge in [-0.1, -0.05) is 36.4 Å². The number of esters is 7. The van der Waals surface area contributed by atoms with Gasteiger partial charge in [0.1, 0.15) is 18.8 Å². The van der Waals surface area contributed by atoms with E-state index in [2.05, 4.69) is 0 Å². The lowest BCUT2D eigenvalue weighted by atomic mass is 9.96. The second kappa shape index (κ2) is 19.8. The molecule has 18 nitrogen and oxygen atoms in total. The van der Waals surface area contributed by atoms with Gasteiger partial charge in [0, 0.05) is 41.7 Å². The number of ether oxygens (including phenoxy) is 11. The Labute approximate surface area is 315 Å². The normalized spacial score (nSPS) is 23.9. The van der Waals surface area contributed by atoms with Crippen molar-refractivity contribution in [1.82, 2.24) is 0 Å². The number of methoxy groups -OCH3 is 1. The van der Waals surface area contributed by atoms with Crippen LogP contribution in [-0.4, -0.2) is 124 Å². The van der Waals surface area contributed by atoms with Crippen molar-refractivity contribution >= 4 is 41.8 Å². The van der Waals surface area contributed by atoms with Crippen LogP contribution < -0.4 is 0 Å². The summed E-state index contributed by atoms with van der Waals surface area (Å²) in [4.78, 5) is 88.5. The molecular weight excluding hydrogens is 732 g/mol. The van der Waals surface area contributed by atoms with E-state index in [4.69, 9.17) is 52.1 Å². The molecule has 0 radical (unpaired) electrons. The number of carbonyl (C=O) groups is 7. The molecule has 10 atom stereocenters. The molecule has 0 bridgehead atoms. The Morgan fingerprint density at radius 2 is 1.15 bits per heavy atom. The van der Waals surface area contributed by atoms with Crippen molar-refractivity contribution in [2.75, 3.05) is 20.3 Å². The van der Waals surface area contributed by atoms with E-state index in [-0.39, 0.29) is 17.7 Å². The molecule has 2 aromatic rings. The number of rotatable bonds is 15. The summed E-state index contributed by atoms with van der Waals surface area (Å²) in [5.74, 6) is -6.25. The standard InChI is InChI=1S/C37H42O18/c1-19(38)46-17-26(48-20(2)39)28(49-21(3)40)30(50-22(4)41)33(51-23(5)42)37-47-18-27-29(55-37)31(53-34(43)24-13-9-7-10-14-24)32(36(45-6)52-27)54-35(44)25-15-11-8-12-16-25/h7-16,26-33,36-37H,17-18H2,1-6H3/t26-,27-,28-,29-,30+,31+,32-,33-,36+,37?/m1/s1. The highest BCUT2D eigenvalue weighted by Gasteiger charge is 2.57. The molecule has 18 heteroatoms. The smallest absolute Gasteiger partial charge is 0.338 e. The minimum atomic E-state index is -1.86. The highest BCUT2D eigenvalue weighted by atomic mass is 16.8. The molecule has 2 fully saturated rings. The molecule has 0 aliphatic carbocycles. The molecule has 2 heterocycles. The monoisotopic (exact) mass is 774 g/mol. The maximum Gasteiger partial charge on any atom is 0.338 e. The third kappa shape index (κ3) is 11.8. The molecule has 2 aliphatic heterocycles. The van der Waals surface area contributed by atoms with Gasteiger partial charge in [-0.05, 0) is 24.3 Å². The van der Waals surface area contributed by atoms with E-state index in [1.165, 1.54) is 31.4 Å². The van der Waals surface area contributed by atoms with Crippen LogP contribution in [0, 0.1) is 0 Å². The van der Waals surface area contributed by atoms with Crippen LogP contribution in [0.5, 0.6) is 0 Å². The Hall–Kier alpha value is -5.43. The second-order valence-corrected chi connectivity index (χ2v) is 12.2. The average Bonchev–Trinajstić information content (AvgIpc) is 3.14. The molecule has 2 aromatic carbocycles. The van der Waals surface area contributed by atoms with E-state index >= 15 is 0 Å². The van der Waals surface area contributed by atoms with Gasteiger partial charge in [-0.25, -0.2) is 9.59 Å². The molecule has 0 aromatic heterocycles. The van der Waals surface area contributed by atoms with E-state index in [1.807, 2.05) is 0 Å². The van der Waals surface area contributed by atoms with Crippen LogP contribution in [0.15, 0.2) is 60.7 Å². The van der Waals surface area contributed by atoms with E-state index in [1.54, 1.807) is 36.4 Å². The summed E-state index contributed by atoms with van der Waals surface area (Å²) in [6.07, 6.45) is -15.5. The van der Waals surface area contributed by atoms with Gasteiger partial charge in [0.25, 0.3) is 0 Å². The van der Waals surface area contributed by atoms with Crippen LogP contribution in [0.4, 0.5) is 0 Å². The van der Waals surface area contributed by atoms with Crippen molar-refractivity contribution in [2.45, 2.75) is 96.0 Å². The van der Waals surface area contributed by atoms with Crippen molar-refractivity contribution in [3.8, 4) is 0 Å². The fourth-order valence-corrected chi connectivity index (χ4v) is 5.85. The number of carbonyl (C=O) groups excluding carboxylic acids is 7. The third-order valence-corrected chi connectivity index (χ3v) is 8.00. The molecule has 0 amide bonds. The van der Waals surface area contributed by atoms with Crippen LogP contribution in [0.1, 0.15) is 55.3 Å². The van der Waals surface area contributed by atoms with E-state index in [0.717, 1.165) is 34.6 Å². The zero-order valence-electron chi connectivity index (χ0n) is 30.8. The largest absolute Gasteiger partial charge is 0.462 e. The Morgan fingerprint density at radius 1 is 0.636 bits per heavy atom. The lowest BCUT2D eigenvalue weighted by Gasteiger charge is -2.49. The van der Waals surface area contributed by atoms with Crippen LogP contribution in [0.2, 0.25) is 0 Å². The van der Waals surface area contributed by atoms with Crippen LogP contribution in [0.25, 0.3) is 0 Å². The van der Waals surface area contributed by atoms with Gasteiger partial charge in [0.15, 0.2) is 49.2 Å². The zero-order valence-corrected chi connectivity index (χ0v) is 30.8. The minimum Gasteiger partial charge on any atom is -0.462 e. The first kappa shape index (κ1) is 42.3. The summed E-state index contributed by atoms with van der Waals surface area (Å²) in [5.41, 5.74) is 0.294. The number of hydrogen-bond acceptors (Lipinski definition) is 18. The highest BCUT2D eigenvalue weighted by Crippen LogP contribution is 2.36. The summed E-state index contributed by atoms with van der Waals surface area (Å²) in [5, 5.41) is 0. The summed E-state index contributed by atoms with van der Waals surface area (Å²) in [6.45, 7) is 4.06. The van der Waals surface area contributed by atoms with Crippen molar-refractivity contribution in [3.63, 3.8) is 0 Å². The molecule has 0 spiro atoms. The first-order chi connectivity index (χ1) is 26.2. The molecule has 55 heavy (non-hydrogen) atoms. The van der Waals surface area contributed by atoms with Gasteiger partial charge in [0.2, 0.25) is 0 Å². The number of hydrogen-bond donors (Lipinski definition) is 0. The maximum absolute atomic E-state index is 13.6. The fraction of sp³-hybridized carbons (Fsp3) is 0.486. The summed E-state index contributed by atoms with van der Waals surface area (Å²) < 4.78 is 62.7. The summed E-state index contributed by atoms with van der Waals surface area (Å²) >= 11 is 0. The predicted molar refractivity (Wildman–Crippen MR) is 180 cm³/mol. The van der Waals surface area contributed by atoms with Crippen molar-refractivity contribution < 1.29 is 85.7 Å². The second-order valence-electron chi connectivity index (χ2n) is 12.2. The number of fused-ring (bicyclic) bond motifs is 1. The Kier molecular flexibility index (Phi) is 15.2. The first-order valence-electron chi connectivity index (χ1n) is 17.0. The van der Waals surface area contributed by atoms with E-state index in [0.29, 0.717) is 0 Å². The first-order valence-corrected chi connectivity index (χ1v) is 17.0. The minimum absolute atomic E-state index is 0.137. The maximum atomic E-state index is 13.6. The SMILES string of the molecule is CO[C@H]1O[C@@H]2COC([C@H](OC(C)=O)[C@@H](OC(C)=O)[C@H](OC(C)=O)[C@@H](COC(C)=O)OC(C)=O)O[C@H]2[C@H](OC(=O)c2ccccc2)[C@H]1OC(=O)c1ccccc1. The van der Waals surface area contributed by atoms with Gasteiger partial charge in [-0.3, -0.25) is 24.0 Å². The fourth-order valence-electron chi connectivity index (χ4n) is 5.85. The Bertz CT molecular complexity index is 1660. The van der Waals surface area contributed by atoms with Crippen LogP contribution >= 0.6 is 0 Å². The van der Waals surface area contributed by atoms with Gasteiger partial charge in [0.05, 0.1) is 17.7 Å². The summed E-state index contributed by atoms with van der Waals surface area (Å²) in [6, 6.07) is 15.8. The molecule has 2 saturated heterocycles. The molecule has 0 N–H and O–H groups in total. The topological polar surface area (TPSA) is 221 Å². The van der Waals surface area contributed by atoms with Crippen LogP contribution in [0.3, 0.4) is 0 Å². The van der Waals surface area contributed by atoms with Gasteiger partial charge in [-0.15, -0.1) is 0 Å². The molecule has 2 aliphatic rings. The van der Waals surface area contributed by atoms with Crippen molar-refractivity contribution in [1.29, 1.82) is 0 Å². The Balaban J connectivity index is 1.78. The summed E-state index contributed by atoms with van der Waals surface area (Å²) in [7, 11) is 1.28.